The predicted molar refractivity (Wildman–Crippen MR) is 71.6 cm³/mol. The molecule has 0 saturated carbocycles. The van der Waals surface area contributed by atoms with Crippen LogP contribution in [0.5, 0.6) is 0 Å². The summed E-state index contributed by atoms with van der Waals surface area (Å²) in [6.07, 6.45) is 0. The van der Waals surface area contributed by atoms with Gasteiger partial charge < -0.3 is 10.2 Å². The predicted octanol–water partition coefficient (Wildman–Crippen LogP) is 3.53. The number of nitrogens with zero attached hydrogens (tertiary/aromatic N) is 1. The number of anilines is 1. The van der Waals surface area contributed by atoms with E-state index in [1.54, 1.807) is 0 Å². The van der Waals surface area contributed by atoms with Gasteiger partial charge in [0.05, 0.1) is 0 Å². The maximum absolute atomic E-state index is 3.46. The van der Waals surface area contributed by atoms with Crippen LogP contribution in [-0.2, 0) is 0 Å². The average molecular weight is 218 g/mol. The molecule has 1 aromatic carbocycles. The number of aryl methyl sites for hydroxylation is 2. The molecule has 0 bridgehead atoms. The van der Waals surface area contributed by atoms with Crippen molar-refractivity contribution in [2.75, 3.05) is 19.4 Å². The van der Waals surface area contributed by atoms with Gasteiger partial charge in [-0.1, -0.05) is 17.7 Å². The summed E-state index contributed by atoms with van der Waals surface area (Å²) in [5.41, 5.74) is 6.21. The minimum atomic E-state index is 1.18. The molecule has 1 N–H and O–H groups in total. The third-order valence-electron chi connectivity index (χ3n) is 2.92. The molecule has 0 radical (unpaired) electrons. The lowest BCUT2D eigenvalue weighted by molar-refractivity contribution is 0.507. The Morgan fingerprint density at radius 2 is 1.75 bits per heavy atom. The maximum atomic E-state index is 3.46. The van der Waals surface area contributed by atoms with Crippen LogP contribution in [0.4, 0.5) is 5.69 Å². The Balaban J connectivity index is 2.93. The van der Waals surface area contributed by atoms with Crippen LogP contribution in [0.1, 0.15) is 25.0 Å². The molecule has 0 fully saturated rings. The average Bonchev–Trinajstić information content (AvgIpc) is 2.20. The maximum Gasteiger partial charge on any atom is 0.0412 e. The van der Waals surface area contributed by atoms with Crippen LogP contribution in [-0.4, -0.2) is 19.0 Å². The molecule has 16 heavy (non-hydrogen) atoms. The number of benzene rings is 1. The molecule has 0 spiro atoms. The molecule has 2 nitrogen and oxygen atoms in total. The van der Waals surface area contributed by atoms with Gasteiger partial charge in [-0.3, -0.25) is 0 Å². The molecule has 0 amide bonds. The summed E-state index contributed by atoms with van der Waals surface area (Å²) in [5.74, 6) is 0. The van der Waals surface area contributed by atoms with Crippen LogP contribution in [0.3, 0.4) is 0 Å². The van der Waals surface area contributed by atoms with E-state index in [0.29, 0.717) is 0 Å². The third kappa shape index (κ3) is 3.02. The van der Waals surface area contributed by atoms with E-state index in [0.717, 1.165) is 0 Å². The van der Waals surface area contributed by atoms with Crippen molar-refractivity contribution in [3.8, 4) is 0 Å². The Hall–Kier alpha value is -1.44. The molecule has 0 heterocycles. The Bertz CT molecular complexity index is 403. The topological polar surface area (TPSA) is 15.3 Å². The smallest absolute Gasteiger partial charge is 0.0412 e. The van der Waals surface area contributed by atoms with Gasteiger partial charge in [0, 0.05) is 31.2 Å². The van der Waals surface area contributed by atoms with Crippen molar-refractivity contribution in [1.82, 2.24) is 4.90 Å². The van der Waals surface area contributed by atoms with E-state index in [9.17, 15) is 0 Å². The van der Waals surface area contributed by atoms with Crippen molar-refractivity contribution in [2.45, 2.75) is 27.7 Å². The molecule has 1 aromatic rings. The first-order chi connectivity index (χ1) is 7.41. The summed E-state index contributed by atoms with van der Waals surface area (Å²) < 4.78 is 0. The minimum Gasteiger partial charge on any atom is -0.380 e. The number of hydrogen-bond acceptors (Lipinski definition) is 2. The van der Waals surface area contributed by atoms with E-state index in [-0.39, 0.29) is 0 Å². The van der Waals surface area contributed by atoms with Gasteiger partial charge in [-0.25, -0.2) is 0 Å². The van der Waals surface area contributed by atoms with Crippen molar-refractivity contribution < 1.29 is 0 Å². The van der Waals surface area contributed by atoms with Crippen LogP contribution < -0.4 is 5.32 Å². The monoisotopic (exact) mass is 218 g/mol. The lowest BCUT2D eigenvalue weighted by atomic mass is 10.1. The van der Waals surface area contributed by atoms with Gasteiger partial charge in [-0.05, 0) is 39.3 Å². The van der Waals surface area contributed by atoms with Gasteiger partial charge in [-0.15, -0.1) is 0 Å². The second-order valence-corrected chi connectivity index (χ2v) is 4.55. The highest BCUT2D eigenvalue weighted by molar-refractivity contribution is 5.55. The molecule has 0 saturated heterocycles. The SMILES string of the molecule is C/C(Nc1ccc(C)cc1C)=C(\C)N(C)C. The summed E-state index contributed by atoms with van der Waals surface area (Å²) in [4.78, 5) is 2.12. The van der Waals surface area contributed by atoms with Gasteiger partial charge in [0.15, 0.2) is 0 Å². The second-order valence-electron chi connectivity index (χ2n) is 4.55. The lowest BCUT2D eigenvalue weighted by Crippen LogP contribution is -2.13. The first-order valence-electron chi connectivity index (χ1n) is 5.61. The summed E-state index contributed by atoms with van der Waals surface area (Å²) in [6.45, 7) is 8.47. The minimum absolute atomic E-state index is 1.18. The van der Waals surface area contributed by atoms with Crippen LogP contribution in [0, 0.1) is 13.8 Å². The van der Waals surface area contributed by atoms with E-state index in [1.807, 2.05) is 0 Å². The van der Waals surface area contributed by atoms with Gasteiger partial charge in [0.2, 0.25) is 0 Å². The number of hydrogen-bond donors (Lipinski definition) is 1. The van der Waals surface area contributed by atoms with E-state index >= 15 is 0 Å². The zero-order valence-corrected chi connectivity index (χ0v) is 11.2. The van der Waals surface area contributed by atoms with Crippen molar-refractivity contribution >= 4 is 5.69 Å². The number of rotatable bonds is 3. The van der Waals surface area contributed by atoms with E-state index in [1.165, 1.54) is 28.2 Å². The van der Waals surface area contributed by atoms with Gasteiger partial charge in [0.25, 0.3) is 0 Å². The van der Waals surface area contributed by atoms with Crippen molar-refractivity contribution in [3.63, 3.8) is 0 Å². The molecule has 0 aliphatic carbocycles. The highest BCUT2D eigenvalue weighted by atomic mass is 15.1. The molecule has 0 aliphatic heterocycles. The Morgan fingerprint density at radius 3 is 2.25 bits per heavy atom. The van der Waals surface area contributed by atoms with Crippen LogP contribution >= 0.6 is 0 Å². The molecular formula is C14H22N2. The largest absolute Gasteiger partial charge is 0.380 e. The zero-order chi connectivity index (χ0) is 12.3. The van der Waals surface area contributed by atoms with E-state index in [2.05, 4.69) is 70.2 Å². The zero-order valence-electron chi connectivity index (χ0n) is 11.2. The first-order valence-corrected chi connectivity index (χ1v) is 5.61. The van der Waals surface area contributed by atoms with E-state index in [4.69, 9.17) is 0 Å². The molecule has 2 heteroatoms. The Kier molecular flexibility index (Phi) is 3.99. The van der Waals surface area contributed by atoms with E-state index < -0.39 is 0 Å². The fourth-order valence-electron chi connectivity index (χ4n) is 1.58. The lowest BCUT2D eigenvalue weighted by Gasteiger charge is -2.18. The molecule has 88 valence electrons. The molecule has 0 unspecified atom stereocenters. The standard InChI is InChI=1S/C14H22N2/c1-10-7-8-14(11(2)9-10)15-12(3)13(4)16(5)6/h7-9,15H,1-6H3/b13-12-. The molecule has 1 rings (SSSR count). The van der Waals surface area contributed by atoms with Crippen molar-refractivity contribution in [3.05, 3.63) is 40.7 Å². The Labute approximate surface area is 99.0 Å². The van der Waals surface area contributed by atoms with Crippen molar-refractivity contribution in [1.29, 1.82) is 0 Å². The van der Waals surface area contributed by atoms with Crippen molar-refractivity contribution in [2.24, 2.45) is 0 Å². The summed E-state index contributed by atoms with van der Waals surface area (Å²) in [7, 11) is 4.12. The highest BCUT2D eigenvalue weighted by Crippen LogP contribution is 2.19. The van der Waals surface area contributed by atoms with Gasteiger partial charge >= 0.3 is 0 Å². The molecule has 0 aliphatic rings. The normalized spacial score (nSPS) is 12.1. The quantitative estimate of drug-likeness (QED) is 0.835. The highest BCUT2D eigenvalue weighted by Gasteiger charge is 2.02. The molecular weight excluding hydrogens is 196 g/mol. The van der Waals surface area contributed by atoms with Crippen LogP contribution in [0.25, 0.3) is 0 Å². The first kappa shape index (κ1) is 12.6. The van der Waals surface area contributed by atoms with Crippen LogP contribution in [0.15, 0.2) is 29.6 Å². The van der Waals surface area contributed by atoms with Gasteiger partial charge in [-0.2, -0.15) is 0 Å². The Morgan fingerprint density at radius 1 is 1.12 bits per heavy atom. The molecule has 0 atom stereocenters. The number of nitrogens with one attached hydrogen (secondary N) is 1. The fourth-order valence-corrected chi connectivity index (χ4v) is 1.58. The second kappa shape index (κ2) is 5.06. The third-order valence-corrected chi connectivity index (χ3v) is 2.92. The summed E-state index contributed by atoms with van der Waals surface area (Å²) in [6, 6.07) is 6.46. The van der Waals surface area contributed by atoms with Gasteiger partial charge in [0.1, 0.15) is 0 Å². The molecule has 0 aromatic heterocycles. The number of allylic oxidation sites excluding steroid dienone is 2. The summed E-state index contributed by atoms with van der Waals surface area (Å²) >= 11 is 0. The fraction of sp³-hybridized carbons (Fsp3) is 0.429. The van der Waals surface area contributed by atoms with Crippen LogP contribution in [0.2, 0.25) is 0 Å². The summed E-state index contributed by atoms with van der Waals surface area (Å²) in [5, 5.41) is 3.46.